The summed E-state index contributed by atoms with van der Waals surface area (Å²) in [6.07, 6.45) is 7.00. The van der Waals surface area contributed by atoms with Gasteiger partial charge in [-0.05, 0) is 64.3 Å². The standard InChI is InChI=1S/C17H35N3/c1-3-17-7-5-9-20-14-13-18(4-2)10-6-11-19(12-8-17)15-16-20/h17H,3-16H2,1-2H3. The van der Waals surface area contributed by atoms with E-state index in [1.54, 1.807) is 0 Å². The summed E-state index contributed by atoms with van der Waals surface area (Å²) in [5.41, 5.74) is 0. The second-order valence-electron chi connectivity index (χ2n) is 6.68. The molecule has 0 N–H and O–H groups in total. The van der Waals surface area contributed by atoms with Crippen LogP contribution in [0.2, 0.25) is 0 Å². The van der Waals surface area contributed by atoms with Crippen molar-refractivity contribution in [3.8, 4) is 0 Å². The largest absolute Gasteiger partial charge is 0.302 e. The highest BCUT2D eigenvalue weighted by Crippen LogP contribution is 2.18. The number of fused-ring (bicyclic) bond motifs is 3. The van der Waals surface area contributed by atoms with Crippen molar-refractivity contribution in [2.24, 2.45) is 5.92 Å². The fraction of sp³-hybridized carbons (Fsp3) is 1.00. The summed E-state index contributed by atoms with van der Waals surface area (Å²) in [6, 6.07) is 0. The maximum absolute atomic E-state index is 2.74. The van der Waals surface area contributed by atoms with E-state index >= 15 is 0 Å². The minimum Gasteiger partial charge on any atom is -0.302 e. The predicted molar refractivity (Wildman–Crippen MR) is 87.2 cm³/mol. The normalized spacial score (nSPS) is 34.8. The van der Waals surface area contributed by atoms with Gasteiger partial charge >= 0.3 is 0 Å². The van der Waals surface area contributed by atoms with Crippen molar-refractivity contribution in [1.82, 2.24) is 14.7 Å². The molecule has 3 unspecified atom stereocenters. The zero-order chi connectivity index (χ0) is 14.2. The van der Waals surface area contributed by atoms with Crippen molar-refractivity contribution in [1.29, 1.82) is 0 Å². The first-order chi connectivity index (χ1) is 9.81. The Hall–Kier alpha value is -0.120. The zero-order valence-electron chi connectivity index (χ0n) is 13.8. The first-order valence-corrected chi connectivity index (χ1v) is 8.99. The van der Waals surface area contributed by atoms with Crippen LogP contribution in [0.3, 0.4) is 0 Å². The number of hydrogen-bond acceptors (Lipinski definition) is 3. The van der Waals surface area contributed by atoms with Gasteiger partial charge in [0.15, 0.2) is 0 Å². The van der Waals surface area contributed by atoms with E-state index in [2.05, 4.69) is 28.5 Å². The van der Waals surface area contributed by atoms with Gasteiger partial charge in [-0.25, -0.2) is 0 Å². The van der Waals surface area contributed by atoms with Crippen LogP contribution in [-0.4, -0.2) is 73.6 Å². The Bertz CT molecular complexity index is 227. The van der Waals surface area contributed by atoms with Crippen molar-refractivity contribution in [3.63, 3.8) is 0 Å². The third-order valence-corrected chi connectivity index (χ3v) is 5.38. The molecule has 0 radical (unpaired) electrons. The second kappa shape index (κ2) is 9.01. The van der Waals surface area contributed by atoms with Crippen LogP contribution in [0.5, 0.6) is 0 Å². The molecule has 0 spiro atoms. The Balaban J connectivity index is 1.95. The van der Waals surface area contributed by atoms with Crippen molar-refractivity contribution >= 4 is 0 Å². The Morgan fingerprint density at radius 2 is 1.40 bits per heavy atom. The van der Waals surface area contributed by atoms with Crippen LogP contribution in [0.4, 0.5) is 0 Å². The van der Waals surface area contributed by atoms with E-state index in [1.807, 2.05) is 0 Å². The van der Waals surface area contributed by atoms with Gasteiger partial charge in [-0.3, -0.25) is 0 Å². The molecule has 2 saturated heterocycles. The number of likely N-dealkylation sites (N-methyl/N-ethyl adjacent to an activating group) is 1. The smallest absolute Gasteiger partial charge is 0.0110 e. The second-order valence-corrected chi connectivity index (χ2v) is 6.68. The van der Waals surface area contributed by atoms with E-state index in [-0.39, 0.29) is 0 Å². The Morgan fingerprint density at radius 3 is 2.15 bits per heavy atom. The average Bonchev–Trinajstić information content (AvgIpc) is 2.49. The molecule has 3 atom stereocenters. The zero-order valence-corrected chi connectivity index (χ0v) is 13.8. The summed E-state index contributed by atoms with van der Waals surface area (Å²) < 4.78 is 0. The SMILES string of the molecule is CCC1CCCN2CCN(CC)CCCN(CC1)CC2. The summed E-state index contributed by atoms with van der Waals surface area (Å²) in [4.78, 5) is 8.09. The number of hydrogen-bond donors (Lipinski definition) is 0. The minimum absolute atomic E-state index is 0.965. The molecule has 3 heteroatoms. The van der Waals surface area contributed by atoms with Crippen LogP contribution in [0.15, 0.2) is 0 Å². The van der Waals surface area contributed by atoms with Crippen molar-refractivity contribution in [2.45, 2.75) is 46.0 Å². The summed E-state index contributed by atoms with van der Waals surface area (Å²) in [7, 11) is 0. The lowest BCUT2D eigenvalue weighted by molar-refractivity contribution is 0.135. The highest BCUT2D eigenvalue weighted by atomic mass is 15.2. The molecule has 0 saturated carbocycles. The maximum atomic E-state index is 2.74. The summed E-state index contributed by atoms with van der Waals surface area (Å²) in [6.45, 7) is 16.3. The monoisotopic (exact) mass is 281 g/mol. The van der Waals surface area contributed by atoms with Crippen LogP contribution in [0.1, 0.15) is 46.0 Å². The molecule has 2 bridgehead atoms. The molecule has 2 aliphatic rings. The van der Waals surface area contributed by atoms with E-state index in [0.717, 1.165) is 5.92 Å². The highest BCUT2D eigenvalue weighted by molar-refractivity contribution is 4.73. The fourth-order valence-electron chi connectivity index (χ4n) is 3.70. The highest BCUT2D eigenvalue weighted by Gasteiger charge is 2.17. The summed E-state index contributed by atoms with van der Waals surface area (Å²) in [5, 5.41) is 0. The van der Waals surface area contributed by atoms with Gasteiger partial charge in [-0.15, -0.1) is 0 Å². The van der Waals surface area contributed by atoms with Gasteiger partial charge in [-0.2, -0.15) is 0 Å². The van der Waals surface area contributed by atoms with E-state index in [1.165, 1.54) is 91.0 Å². The van der Waals surface area contributed by atoms with Gasteiger partial charge in [0, 0.05) is 26.2 Å². The van der Waals surface area contributed by atoms with Crippen LogP contribution >= 0.6 is 0 Å². The van der Waals surface area contributed by atoms with Crippen LogP contribution < -0.4 is 0 Å². The lowest BCUT2D eigenvalue weighted by Crippen LogP contribution is -2.44. The van der Waals surface area contributed by atoms with E-state index in [4.69, 9.17) is 0 Å². The Labute approximate surface area is 126 Å². The van der Waals surface area contributed by atoms with Gasteiger partial charge in [0.2, 0.25) is 0 Å². The fourth-order valence-corrected chi connectivity index (χ4v) is 3.70. The lowest BCUT2D eigenvalue weighted by Gasteiger charge is -2.34. The van der Waals surface area contributed by atoms with E-state index in [9.17, 15) is 0 Å². The first-order valence-electron chi connectivity index (χ1n) is 8.99. The molecule has 2 rings (SSSR count). The topological polar surface area (TPSA) is 9.72 Å². The number of nitrogens with zero attached hydrogens (tertiary/aromatic N) is 3. The first kappa shape index (κ1) is 16.3. The molecule has 118 valence electrons. The number of rotatable bonds is 2. The molecular weight excluding hydrogens is 246 g/mol. The van der Waals surface area contributed by atoms with Crippen LogP contribution in [0.25, 0.3) is 0 Å². The Morgan fingerprint density at radius 1 is 0.700 bits per heavy atom. The molecule has 2 aliphatic heterocycles. The molecule has 2 heterocycles. The molecule has 0 aromatic rings. The average molecular weight is 281 g/mol. The third kappa shape index (κ3) is 5.34. The summed E-state index contributed by atoms with van der Waals surface area (Å²) in [5.74, 6) is 0.965. The Kier molecular flexibility index (Phi) is 7.32. The van der Waals surface area contributed by atoms with Gasteiger partial charge in [0.1, 0.15) is 0 Å². The van der Waals surface area contributed by atoms with Crippen molar-refractivity contribution < 1.29 is 0 Å². The van der Waals surface area contributed by atoms with Gasteiger partial charge in [-0.1, -0.05) is 20.3 Å². The van der Waals surface area contributed by atoms with E-state index < -0.39 is 0 Å². The van der Waals surface area contributed by atoms with Gasteiger partial charge < -0.3 is 14.7 Å². The molecule has 0 aromatic heterocycles. The third-order valence-electron chi connectivity index (χ3n) is 5.38. The van der Waals surface area contributed by atoms with Gasteiger partial charge in [0.05, 0.1) is 0 Å². The molecule has 3 nitrogen and oxygen atoms in total. The quantitative estimate of drug-likeness (QED) is 0.770. The summed E-state index contributed by atoms with van der Waals surface area (Å²) >= 11 is 0. The molecular formula is C17H35N3. The predicted octanol–water partition coefficient (Wildman–Crippen LogP) is 2.53. The maximum Gasteiger partial charge on any atom is 0.0110 e. The van der Waals surface area contributed by atoms with Crippen molar-refractivity contribution in [2.75, 3.05) is 58.9 Å². The van der Waals surface area contributed by atoms with Gasteiger partial charge in [0.25, 0.3) is 0 Å². The van der Waals surface area contributed by atoms with Crippen LogP contribution in [-0.2, 0) is 0 Å². The lowest BCUT2D eigenvalue weighted by atomic mass is 9.95. The molecule has 0 aliphatic carbocycles. The minimum atomic E-state index is 0.965. The van der Waals surface area contributed by atoms with Crippen LogP contribution in [0, 0.1) is 5.92 Å². The molecule has 2 fully saturated rings. The van der Waals surface area contributed by atoms with E-state index in [0.29, 0.717) is 0 Å². The van der Waals surface area contributed by atoms with Crippen molar-refractivity contribution in [3.05, 3.63) is 0 Å². The molecule has 0 aromatic carbocycles. The molecule has 20 heavy (non-hydrogen) atoms. The molecule has 0 amide bonds.